The molecule has 0 heterocycles. The van der Waals surface area contributed by atoms with Crippen LogP contribution < -0.4 is 5.73 Å². The van der Waals surface area contributed by atoms with Gasteiger partial charge in [0.05, 0.1) is 0 Å². The minimum Gasteiger partial charge on any atom is -0.399 e. The molecule has 3 heteroatoms. The Kier molecular flexibility index (Phi) is 5.69. The van der Waals surface area contributed by atoms with Gasteiger partial charge in [-0.25, -0.2) is 0 Å². The summed E-state index contributed by atoms with van der Waals surface area (Å²) in [6.07, 6.45) is 2.25. The minimum atomic E-state index is 0.218. The zero-order chi connectivity index (χ0) is 13.5. The van der Waals surface area contributed by atoms with Crippen LogP contribution in [0, 0.1) is 0 Å². The SMILES string of the molecule is CCCN(C(=O)CCc1ccccc1N)C(C)C. The van der Waals surface area contributed by atoms with E-state index in [4.69, 9.17) is 5.73 Å². The molecule has 0 unspecified atom stereocenters. The van der Waals surface area contributed by atoms with Crippen LogP contribution in [-0.2, 0) is 11.2 Å². The summed E-state index contributed by atoms with van der Waals surface area (Å²) in [6, 6.07) is 8.01. The fourth-order valence-electron chi connectivity index (χ4n) is 2.06. The normalized spacial score (nSPS) is 10.7. The molecule has 1 aromatic carbocycles. The van der Waals surface area contributed by atoms with Crippen molar-refractivity contribution in [2.45, 2.75) is 46.1 Å². The van der Waals surface area contributed by atoms with Crippen molar-refractivity contribution in [3.8, 4) is 0 Å². The van der Waals surface area contributed by atoms with E-state index in [2.05, 4.69) is 20.8 Å². The molecule has 0 saturated heterocycles. The average Bonchev–Trinajstić information content (AvgIpc) is 2.34. The first-order chi connectivity index (χ1) is 8.56. The largest absolute Gasteiger partial charge is 0.399 e. The molecular weight excluding hydrogens is 224 g/mol. The van der Waals surface area contributed by atoms with Gasteiger partial charge in [0.15, 0.2) is 0 Å². The van der Waals surface area contributed by atoms with E-state index in [1.807, 2.05) is 29.2 Å². The van der Waals surface area contributed by atoms with Crippen molar-refractivity contribution in [3.05, 3.63) is 29.8 Å². The number of hydrogen-bond acceptors (Lipinski definition) is 2. The third-order valence-corrected chi connectivity index (χ3v) is 3.07. The molecule has 0 aliphatic carbocycles. The molecule has 0 aliphatic rings. The Morgan fingerprint density at radius 2 is 2.00 bits per heavy atom. The summed E-state index contributed by atoms with van der Waals surface area (Å²) >= 11 is 0. The first-order valence-corrected chi connectivity index (χ1v) is 6.69. The Bertz CT molecular complexity index is 388. The predicted octanol–water partition coefficient (Wildman–Crippen LogP) is 2.85. The maximum atomic E-state index is 12.1. The topological polar surface area (TPSA) is 46.3 Å². The highest BCUT2D eigenvalue weighted by atomic mass is 16.2. The number of nitrogens with two attached hydrogens (primary N) is 1. The number of aryl methyl sites for hydroxylation is 1. The fraction of sp³-hybridized carbons (Fsp3) is 0.533. The van der Waals surface area contributed by atoms with Crippen LogP contribution in [0.1, 0.15) is 39.2 Å². The maximum Gasteiger partial charge on any atom is 0.223 e. The average molecular weight is 248 g/mol. The number of hydrogen-bond donors (Lipinski definition) is 1. The molecule has 0 spiro atoms. The number of para-hydroxylation sites is 1. The van der Waals surface area contributed by atoms with E-state index in [1.165, 1.54) is 0 Å². The van der Waals surface area contributed by atoms with E-state index < -0.39 is 0 Å². The van der Waals surface area contributed by atoms with Crippen LogP contribution in [-0.4, -0.2) is 23.4 Å². The Morgan fingerprint density at radius 1 is 1.33 bits per heavy atom. The van der Waals surface area contributed by atoms with Gasteiger partial charge in [0, 0.05) is 24.7 Å². The molecule has 2 N–H and O–H groups in total. The number of rotatable bonds is 6. The molecule has 0 atom stereocenters. The molecule has 0 fully saturated rings. The van der Waals surface area contributed by atoms with Crippen molar-refractivity contribution in [1.29, 1.82) is 0 Å². The molecule has 100 valence electrons. The highest BCUT2D eigenvalue weighted by molar-refractivity contribution is 5.77. The second-order valence-corrected chi connectivity index (χ2v) is 4.88. The van der Waals surface area contributed by atoms with Gasteiger partial charge < -0.3 is 10.6 Å². The Morgan fingerprint density at radius 3 is 2.56 bits per heavy atom. The Balaban J connectivity index is 2.57. The summed E-state index contributed by atoms with van der Waals surface area (Å²) in [5.41, 5.74) is 7.71. The third kappa shape index (κ3) is 4.06. The van der Waals surface area contributed by atoms with Crippen molar-refractivity contribution < 1.29 is 4.79 Å². The number of carbonyl (C=O) groups is 1. The maximum absolute atomic E-state index is 12.1. The Labute approximate surface area is 110 Å². The molecule has 0 aliphatic heterocycles. The molecule has 18 heavy (non-hydrogen) atoms. The first-order valence-electron chi connectivity index (χ1n) is 6.69. The smallest absolute Gasteiger partial charge is 0.223 e. The molecular formula is C15H24N2O. The van der Waals surface area contributed by atoms with Crippen molar-refractivity contribution in [3.63, 3.8) is 0 Å². The van der Waals surface area contributed by atoms with E-state index in [1.54, 1.807) is 0 Å². The minimum absolute atomic E-state index is 0.218. The van der Waals surface area contributed by atoms with Gasteiger partial charge in [-0.1, -0.05) is 25.1 Å². The van der Waals surface area contributed by atoms with Crippen LogP contribution in [0.15, 0.2) is 24.3 Å². The van der Waals surface area contributed by atoms with Crippen molar-refractivity contribution >= 4 is 11.6 Å². The number of benzene rings is 1. The molecule has 0 bridgehead atoms. The zero-order valence-electron chi connectivity index (χ0n) is 11.6. The summed E-state index contributed by atoms with van der Waals surface area (Å²) in [5.74, 6) is 0.218. The zero-order valence-corrected chi connectivity index (χ0v) is 11.6. The van der Waals surface area contributed by atoms with Crippen LogP contribution >= 0.6 is 0 Å². The summed E-state index contributed by atoms with van der Waals surface area (Å²) in [4.78, 5) is 14.1. The van der Waals surface area contributed by atoms with Gasteiger partial charge in [-0.15, -0.1) is 0 Å². The van der Waals surface area contributed by atoms with Crippen LogP contribution in [0.4, 0.5) is 5.69 Å². The van der Waals surface area contributed by atoms with E-state index in [9.17, 15) is 4.79 Å². The lowest BCUT2D eigenvalue weighted by atomic mass is 10.1. The number of nitrogens with zero attached hydrogens (tertiary/aromatic N) is 1. The number of carbonyl (C=O) groups excluding carboxylic acids is 1. The van der Waals surface area contributed by atoms with Gasteiger partial charge >= 0.3 is 0 Å². The van der Waals surface area contributed by atoms with Gasteiger partial charge in [-0.05, 0) is 38.3 Å². The predicted molar refractivity (Wildman–Crippen MR) is 76.3 cm³/mol. The van der Waals surface area contributed by atoms with Crippen molar-refractivity contribution in [2.75, 3.05) is 12.3 Å². The molecule has 1 amide bonds. The van der Waals surface area contributed by atoms with Crippen LogP contribution in [0.2, 0.25) is 0 Å². The molecule has 1 rings (SSSR count). The van der Waals surface area contributed by atoms with Gasteiger partial charge in [0.2, 0.25) is 5.91 Å². The fourth-order valence-corrected chi connectivity index (χ4v) is 2.06. The Hall–Kier alpha value is -1.51. The van der Waals surface area contributed by atoms with E-state index in [0.717, 1.165) is 30.6 Å². The van der Waals surface area contributed by atoms with Gasteiger partial charge in [0.25, 0.3) is 0 Å². The number of nitrogen functional groups attached to an aromatic ring is 1. The highest BCUT2D eigenvalue weighted by Crippen LogP contribution is 2.14. The number of anilines is 1. The summed E-state index contributed by atoms with van der Waals surface area (Å²) < 4.78 is 0. The number of amides is 1. The molecule has 0 radical (unpaired) electrons. The van der Waals surface area contributed by atoms with Crippen molar-refractivity contribution in [2.24, 2.45) is 0 Å². The van der Waals surface area contributed by atoms with Crippen LogP contribution in [0.25, 0.3) is 0 Å². The lowest BCUT2D eigenvalue weighted by Crippen LogP contribution is -2.37. The second kappa shape index (κ2) is 7.04. The van der Waals surface area contributed by atoms with Gasteiger partial charge in [0.1, 0.15) is 0 Å². The molecule has 0 aromatic heterocycles. The summed E-state index contributed by atoms with van der Waals surface area (Å²) in [6.45, 7) is 7.05. The van der Waals surface area contributed by atoms with Gasteiger partial charge in [-0.3, -0.25) is 4.79 Å². The first kappa shape index (κ1) is 14.6. The lowest BCUT2D eigenvalue weighted by Gasteiger charge is -2.26. The van der Waals surface area contributed by atoms with E-state index in [-0.39, 0.29) is 11.9 Å². The quantitative estimate of drug-likeness (QED) is 0.787. The summed E-state index contributed by atoms with van der Waals surface area (Å²) in [7, 11) is 0. The standard InChI is InChI=1S/C15H24N2O/c1-4-11-17(12(2)3)15(18)10-9-13-7-5-6-8-14(13)16/h5-8,12H,4,9-11,16H2,1-3H3. The van der Waals surface area contributed by atoms with Crippen molar-refractivity contribution in [1.82, 2.24) is 4.90 Å². The second-order valence-electron chi connectivity index (χ2n) is 4.88. The molecule has 1 aromatic rings. The monoisotopic (exact) mass is 248 g/mol. The van der Waals surface area contributed by atoms with E-state index >= 15 is 0 Å². The third-order valence-electron chi connectivity index (χ3n) is 3.07. The molecule has 0 saturated carbocycles. The highest BCUT2D eigenvalue weighted by Gasteiger charge is 2.15. The van der Waals surface area contributed by atoms with Crippen LogP contribution in [0.5, 0.6) is 0 Å². The van der Waals surface area contributed by atoms with E-state index in [0.29, 0.717) is 6.42 Å². The summed E-state index contributed by atoms with van der Waals surface area (Å²) in [5, 5.41) is 0. The molecule has 3 nitrogen and oxygen atoms in total. The lowest BCUT2D eigenvalue weighted by molar-refractivity contribution is -0.132. The van der Waals surface area contributed by atoms with Gasteiger partial charge in [-0.2, -0.15) is 0 Å². The van der Waals surface area contributed by atoms with Crippen LogP contribution in [0.3, 0.4) is 0 Å².